The lowest BCUT2D eigenvalue weighted by Crippen LogP contribution is -2.00. The van der Waals surface area contributed by atoms with Gasteiger partial charge in [-0.2, -0.15) is 0 Å². The van der Waals surface area contributed by atoms with E-state index in [1.54, 1.807) is 18.2 Å². The topological polar surface area (TPSA) is 17.8 Å². The number of alkyl halides is 1. The summed E-state index contributed by atoms with van der Waals surface area (Å²) in [6.07, 6.45) is 0. The largest absolute Gasteiger partial charge is 0.294 e. The molecular weight excluding hydrogens is 366 g/mol. The van der Waals surface area contributed by atoms with Gasteiger partial charge in [0.25, 0.3) is 0 Å². The maximum absolute atomic E-state index is 13.2. The summed E-state index contributed by atoms with van der Waals surface area (Å²) in [4.78, 5) is 4.46. The van der Waals surface area contributed by atoms with Gasteiger partial charge in [-0.25, -0.2) is 9.37 Å². The zero-order valence-electron chi connectivity index (χ0n) is 10.1. The monoisotopic (exact) mass is 372 g/mol. The van der Waals surface area contributed by atoms with Crippen molar-refractivity contribution in [3.8, 4) is 5.69 Å². The summed E-state index contributed by atoms with van der Waals surface area (Å²) in [7, 11) is 0. The van der Waals surface area contributed by atoms with E-state index in [0.717, 1.165) is 16.7 Å². The molecule has 0 saturated heterocycles. The molecule has 0 amide bonds. The van der Waals surface area contributed by atoms with Crippen LogP contribution >= 0.6 is 39.1 Å². The molecule has 2 aromatic carbocycles. The lowest BCUT2D eigenvalue weighted by molar-refractivity contribution is 0.626. The molecule has 0 spiro atoms. The van der Waals surface area contributed by atoms with Gasteiger partial charge in [-0.3, -0.25) is 4.57 Å². The number of benzene rings is 2. The minimum atomic E-state index is -0.305. The molecule has 0 N–H and O–H groups in total. The number of aromatic nitrogens is 2. The Balaban J connectivity index is 2.34. The molecule has 6 heteroatoms. The second-order valence-electron chi connectivity index (χ2n) is 4.23. The zero-order chi connectivity index (χ0) is 14.3. The first kappa shape index (κ1) is 13.9. The lowest BCUT2D eigenvalue weighted by Gasteiger charge is -2.10. The molecule has 1 aromatic heterocycles. The van der Waals surface area contributed by atoms with E-state index in [0.29, 0.717) is 15.3 Å². The molecule has 102 valence electrons. The van der Waals surface area contributed by atoms with Crippen LogP contribution in [0, 0.1) is 5.82 Å². The SMILES string of the molecule is Fc1ccc(-n2c(CCl)nc3cc(Cl)ccc32)c(Br)c1. The molecule has 3 rings (SSSR count). The zero-order valence-corrected chi connectivity index (χ0v) is 13.2. The summed E-state index contributed by atoms with van der Waals surface area (Å²) >= 11 is 15.3. The Bertz CT molecular complexity index is 801. The van der Waals surface area contributed by atoms with Gasteiger partial charge in [0, 0.05) is 9.50 Å². The maximum atomic E-state index is 13.2. The average molecular weight is 374 g/mol. The first-order valence-electron chi connectivity index (χ1n) is 5.78. The van der Waals surface area contributed by atoms with E-state index in [4.69, 9.17) is 23.2 Å². The van der Waals surface area contributed by atoms with Crippen LogP contribution in [0.5, 0.6) is 0 Å². The van der Waals surface area contributed by atoms with Crippen LogP contribution in [0.15, 0.2) is 40.9 Å². The van der Waals surface area contributed by atoms with Crippen LogP contribution in [-0.4, -0.2) is 9.55 Å². The third-order valence-electron chi connectivity index (χ3n) is 2.96. The third kappa shape index (κ3) is 2.32. The van der Waals surface area contributed by atoms with Gasteiger partial charge in [-0.05, 0) is 52.3 Å². The highest BCUT2D eigenvalue weighted by molar-refractivity contribution is 9.10. The summed E-state index contributed by atoms with van der Waals surface area (Å²) in [5, 5.41) is 0.612. The van der Waals surface area contributed by atoms with E-state index in [1.807, 2.05) is 10.6 Å². The standard InChI is InChI=1S/C14H8BrCl2FN2/c15-10-6-9(18)2-4-12(10)20-13-3-1-8(17)5-11(13)19-14(20)7-16/h1-6H,7H2. The molecule has 3 aromatic rings. The summed E-state index contributed by atoms with van der Waals surface area (Å²) < 4.78 is 15.8. The minimum Gasteiger partial charge on any atom is -0.294 e. The molecule has 0 saturated carbocycles. The Kier molecular flexibility index (Phi) is 3.71. The Labute approximate surface area is 133 Å². The van der Waals surface area contributed by atoms with E-state index < -0.39 is 0 Å². The van der Waals surface area contributed by atoms with Crippen LogP contribution in [0.2, 0.25) is 5.02 Å². The normalized spacial score (nSPS) is 11.2. The first-order chi connectivity index (χ1) is 9.60. The molecule has 0 aliphatic carbocycles. The number of nitrogens with zero attached hydrogens (tertiary/aromatic N) is 2. The van der Waals surface area contributed by atoms with E-state index in [9.17, 15) is 4.39 Å². The van der Waals surface area contributed by atoms with E-state index in [-0.39, 0.29) is 11.7 Å². The first-order valence-corrected chi connectivity index (χ1v) is 7.49. The van der Waals surface area contributed by atoms with Crippen LogP contribution in [0.4, 0.5) is 4.39 Å². The Morgan fingerprint density at radius 3 is 2.70 bits per heavy atom. The van der Waals surface area contributed by atoms with Gasteiger partial charge >= 0.3 is 0 Å². The molecule has 2 nitrogen and oxygen atoms in total. The van der Waals surface area contributed by atoms with Crippen LogP contribution in [0.3, 0.4) is 0 Å². The van der Waals surface area contributed by atoms with Crippen molar-refractivity contribution >= 4 is 50.2 Å². The fraction of sp³-hybridized carbons (Fsp3) is 0.0714. The summed E-state index contributed by atoms with van der Waals surface area (Å²) in [6, 6.07) is 9.94. The minimum absolute atomic E-state index is 0.246. The van der Waals surface area contributed by atoms with Crippen molar-refractivity contribution in [2.75, 3.05) is 0 Å². The van der Waals surface area contributed by atoms with E-state index in [1.165, 1.54) is 12.1 Å². The molecule has 0 aliphatic heterocycles. The van der Waals surface area contributed by atoms with Crippen LogP contribution in [0.25, 0.3) is 16.7 Å². The van der Waals surface area contributed by atoms with Crippen molar-refractivity contribution in [2.45, 2.75) is 5.88 Å². The van der Waals surface area contributed by atoms with Gasteiger partial charge in [0.05, 0.1) is 22.6 Å². The van der Waals surface area contributed by atoms with Crippen LogP contribution < -0.4 is 0 Å². The number of fused-ring (bicyclic) bond motifs is 1. The van der Waals surface area contributed by atoms with Crippen molar-refractivity contribution < 1.29 is 4.39 Å². The van der Waals surface area contributed by atoms with Crippen molar-refractivity contribution in [1.82, 2.24) is 9.55 Å². The molecule has 0 radical (unpaired) electrons. The van der Waals surface area contributed by atoms with Crippen molar-refractivity contribution in [3.63, 3.8) is 0 Å². The molecule has 0 atom stereocenters. The molecule has 0 fully saturated rings. The average Bonchev–Trinajstić information content (AvgIpc) is 2.76. The number of hydrogen-bond acceptors (Lipinski definition) is 1. The molecule has 1 heterocycles. The summed E-state index contributed by atoms with van der Waals surface area (Å²) in [5.74, 6) is 0.618. The lowest BCUT2D eigenvalue weighted by atomic mass is 10.2. The maximum Gasteiger partial charge on any atom is 0.129 e. The highest BCUT2D eigenvalue weighted by Gasteiger charge is 2.14. The highest BCUT2D eigenvalue weighted by atomic mass is 79.9. The second kappa shape index (κ2) is 5.35. The van der Waals surface area contributed by atoms with Gasteiger partial charge < -0.3 is 0 Å². The van der Waals surface area contributed by atoms with Gasteiger partial charge in [-0.1, -0.05) is 11.6 Å². The molecule has 0 unspecified atom stereocenters. The Morgan fingerprint density at radius 2 is 2.00 bits per heavy atom. The molecular formula is C14H8BrCl2FN2. The van der Waals surface area contributed by atoms with Crippen LogP contribution in [-0.2, 0) is 5.88 Å². The molecule has 0 aliphatic rings. The van der Waals surface area contributed by atoms with Gasteiger partial charge in [0.1, 0.15) is 11.6 Å². The fourth-order valence-electron chi connectivity index (χ4n) is 2.12. The van der Waals surface area contributed by atoms with E-state index >= 15 is 0 Å². The Morgan fingerprint density at radius 1 is 1.20 bits per heavy atom. The second-order valence-corrected chi connectivity index (χ2v) is 5.78. The van der Waals surface area contributed by atoms with Gasteiger partial charge in [0.2, 0.25) is 0 Å². The van der Waals surface area contributed by atoms with Crippen molar-refractivity contribution in [1.29, 1.82) is 0 Å². The molecule has 20 heavy (non-hydrogen) atoms. The van der Waals surface area contributed by atoms with Gasteiger partial charge in [-0.15, -0.1) is 11.6 Å². The van der Waals surface area contributed by atoms with Crippen molar-refractivity contribution in [3.05, 3.63) is 57.5 Å². The predicted molar refractivity (Wildman–Crippen MR) is 83.3 cm³/mol. The van der Waals surface area contributed by atoms with E-state index in [2.05, 4.69) is 20.9 Å². The number of hydrogen-bond donors (Lipinski definition) is 0. The molecule has 0 bridgehead atoms. The Hall–Kier alpha value is -1.10. The van der Waals surface area contributed by atoms with Crippen molar-refractivity contribution in [2.24, 2.45) is 0 Å². The van der Waals surface area contributed by atoms with Gasteiger partial charge in [0.15, 0.2) is 0 Å². The third-order valence-corrected chi connectivity index (χ3v) is 4.07. The summed E-state index contributed by atoms with van der Waals surface area (Å²) in [6.45, 7) is 0. The van der Waals surface area contributed by atoms with Crippen LogP contribution in [0.1, 0.15) is 5.82 Å². The summed E-state index contributed by atoms with van der Waals surface area (Å²) in [5.41, 5.74) is 2.41. The number of imidazole rings is 1. The highest BCUT2D eigenvalue weighted by Crippen LogP contribution is 2.29. The number of halogens is 4. The predicted octanol–water partition coefficient (Wildman–Crippen LogP) is 5.32. The number of rotatable bonds is 2. The quantitative estimate of drug-likeness (QED) is 0.556. The smallest absolute Gasteiger partial charge is 0.129 e. The fourth-order valence-corrected chi connectivity index (χ4v) is 3.00.